The Hall–Kier alpha value is -4.66. The number of ether oxygens (including phenoxy) is 3. The number of carbonyl (C=O) groups is 4. The minimum atomic E-state index is -3.89. The van der Waals surface area contributed by atoms with Gasteiger partial charge in [0.25, 0.3) is 5.91 Å². The lowest BCUT2D eigenvalue weighted by Gasteiger charge is -2.35. The first-order chi connectivity index (χ1) is 23.2. The molecule has 1 aromatic carbocycles. The number of fused-ring (bicyclic) bond motifs is 3. The van der Waals surface area contributed by atoms with Crippen LogP contribution in [0.3, 0.4) is 0 Å². The molecule has 0 radical (unpaired) electrons. The van der Waals surface area contributed by atoms with Crippen molar-refractivity contribution in [3.05, 3.63) is 55.3 Å². The maximum absolute atomic E-state index is 14.3. The average molecular weight is 696 g/mol. The standard InChI is InChI=1S/C34H41N5O9S/c1-5-21-18-34(21,31(42)38-49(44,45)24-10-11-24)37-28(40)26-17-23-19-39(26)30(41)27(33(2,3)4)36-32(43)47-15-7-6-14-46-22-9-8-20-12-13-35-29(48-23)25(20)16-22/h5-9,12-13,16,21,23-24,26-27H,1,10-11,14-15,17-19H2,2-4H3,(H,36,43)(H,37,40)(H,38,42)/b7-6-. The zero-order chi connectivity index (χ0) is 35.1. The Morgan fingerprint density at radius 2 is 1.86 bits per heavy atom. The number of carbonyl (C=O) groups excluding carboxylic acids is 4. The number of nitrogens with one attached hydrogen (secondary N) is 3. The van der Waals surface area contributed by atoms with E-state index in [1.807, 2.05) is 18.2 Å². The van der Waals surface area contributed by atoms with E-state index in [-0.39, 0.29) is 38.5 Å². The molecule has 2 aliphatic heterocycles. The quantitative estimate of drug-likeness (QED) is 0.380. The van der Waals surface area contributed by atoms with Crippen molar-refractivity contribution >= 4 is 44.6 Å². The third kappa shape index (κ3) is 7.21. The molecular formula is C34H41N5O9S. The molecule has 262 valence electrons. The summed E-state index contributed by atoms with van der Waals surface area (Å²) in [5, 5.41) is 6.30. The predicted molar refractivity (Wildman–Crippen MR) is 178 cm³/mol. The summed E-state index contributed by atoms with van der Waals surface area (Å²) in [6, 6.07) is 5.03. The molecule has 6 rings (SSSR count). The molecule has 4 aliphatic rings. The molecule has 2 saturated carbocycles. The number of amides is 4. The van der Waals surface area contributed by atoms with Crippen LogP contribution in [-0.4, -0.2) is 90.9 Å². The highest BCUT2D eigenvalue weighted by Crippen LogP contribution is 2.45. The van der Waals surface area contributed by atoms with E-state index in [1.54, 1.807) is 45.2 Å². The fourth-order valence-electron chi connectivity index (χ4n) is 6.23. The maximum atomic E-state index is 14.3. The van der Waals surface area contributed by atoms with Crippen molar-refractivity contribution in [2.75, 3.05) is 19.8 Å². The van der Waals surface area contributed by atoms with Gasteiger partial charge in [-0.15, -0.1) is 6.58 Å². The van der Waals surface area contributed by atoms with Crippen LogP contribution in [0.1, 0.15) is 46.5 Å². The molecule has 5 atom stereocenters. The normalized spacial score (nSPS) is 28.2. The van der Waals surface area contributed by atoms with Crippen molar-refractivity contribution in [3.8, 4) is 11.6 Å². The summed E-state index contributed by atoms with van der Waals surface area (Å²) < 4.78 is 44.9. The second-order valence-corrected chi connectivity index (χ2v) is 15.9. The second kappa shape index (κ2) is 13.0. The predicted octanol–water partition coefficient (Wildman–Crippen LogP) is 2.34. The third-order valence-corrected chi connectivity index (χ3v) is 11.1. The summed E-state index contributed by atoms with van der Waals surface area (Å²) in [5.74, 6) is -1.76. The number of cyclic esters (lactones) is 1. The summed E-state index contributed by atoms with van der Waals surface area (Å²) in [4.78, 5) is 60.5. The van der Waals surface area contributed by atoms with E-state index in [4.69, 9.17) is 14.2 Å². The molecule has 14 nitrogen and oxygen atoms in total. The van der Waals surface area contributed by atoms with E-state index in [1.165, 1.54) is 11.0 Å². The Kier molecular flexibility index (Phi) is 9.07. The molecule has 3 fully saturated rings. The lowest BCUT2D eigenvalue weighted by Crippen LogP contribution is -2.60. The van der Waals surface area contributed by atoms with E-state index >= 15 is 0 Å². The first-order valence-electron chi connectivity index (χ1n) is 16.3. The molecular weight excluding hydrogens is 654 g/mol. The molecule has 1 aromatic heterocycles. The molecule has 4 amide bonds. The van der Waals surface area contributed by atoms with Crippen LogP contribution in [-0.2, 0) is 29.1 Å². The van der Waals surface area contributed by atoms with Gasteiger partial charge in [0.1, 0.15) is 42.7 Å². The molecule has 3 heterocycles. The Morgan fingerprint density at radius 3 is 2.53 bits per heavy atom. The van der Waals surface area contributed by atoms with Crippen LogP contribution in [0.5, 0.6) is 11.6 Å². The van der Waals surface area contributed by atoms with E-state index < -0.39 is 74.1 Å². The van der Waals surface area contributed by atoms with Crippen LogP contribution in [0.2, 0.25) is 0 Å². The van der Waals surface area contributed by atoms with Crippen LogP contribution in [0.15, 0.2) is 55.3 Å². The van der Waals surface area contributed by atoms with E-state index in [0.29, 0.717) is 24.0 Å². The lowest BCUT2D eigenvalue weighted by molar-refractivity contribution is -0.142. The number of pyridine rings is 1. The van der Waals surface area contributed by atoms with Crippen LogP contribution < -0.4 is 24.8 Å². The largest absolute Gasteiger partial charge is 0.490 e. The highest BCUT2D eigenvalue weighted by molar-refractivity contribution is 7.91. The third-order valence-electron chi connectivity index (χ3n) is 9.28. The average Bonchev–Trinajstić information content (AvgIpc) is 3.97. The van der Waals surface area contributed by atoms with Gasteiger partial charge in [-0.05, 0) is 60.4 Å². The van der Waals surface area contributed by atoms with E-state index in [9.17, 15) is 27.6 Å². The summed E-state index contributed by atoms with van der Waals surface area (Å²) in [6.45, 7) is 9.17. The van der Waals surface area contributed by atoms with Crippen molar-refractivity contribution < 1.29 is 41.8 Å². The zero-order valence-corrected chi connectivity index (χ0v) is 28.5. The molecule has 5 unspecified atom stereocenters. The van der Waals surface area contributed by atoms with Gasteiger partial charge >= 0.3 is 6.09 Å². The van der Waals surface area contributed by atoms with Gasteiger partial charge in [-0.3, -0.25) is 19.1 Å². The Bertz CT molecular complexity index is 1820. The van der Waals surface area contributed by atoms with Gasteiger partial charge in [0, 0.05) is 23.9 Å². The van der Waals surface area contributed by atoms with Gasteiger partial charge in [-0.2, -0.15) is 0 Å². The Labute approximate surface area is 284 Å². The number of nitrogens with zero attached hydrogens (tertiary/aromatic N) is 2. The SMILES string of the molecule is C=CC1CC1(NC(=O)C1CC2CN1C(=O)C(C(C)(C)C)NC(=O)OC/C=C\COc1ccc3ccnc(c3c1)O2)C(=O)NS(=O)(=O)C1CC1. The second-order valence-electron chi connectivity index (χ2n) is 14.0. The highest BCUT2D eigenvalue weighted by Gasteiger charge is 2.62. The van der Waals surface area contributed by atoms with Crippen molar-refractivity contribution in [1.29, 1.82) is 0 Å². The van der Waals surface area contributed by atoms with Gasteiger partial charge < -0.3 is 29.7 Å². The van der Waals surface area contributed by atoms with Crippen molar-refractivity contribution in [1.82, 2.24) is 25.2 Å². The van der Waals surface area contributed by atoms with Gasteiger partial charge in [-0.25, -0.2) is 18.2 Å². The van der Waals surface area contributed by atoms with Gasteiger partial charge in [-0.1, -0.05) is 32.9 Å². The van der Waals surface area contributed by atoms with Crippen LogP contribution >= 0.6 is 0 Å². The minimum Gasteiger partial charge on any atom is -0.490 e. The zero-order valence-electron chi connectivity index (χ0n) is 27.6. The topological polar surface area (TPSA) is 182 Å². The first kappa shape index (κ1) is 34.2. The molecule has 4 bridgehead atoms. The highest BCUT2D eigenvalue weighted by atomic mass is 32.2. The van der Waals surface area contributed by atoms with Crippen molar-refractivity contribution in [2.24, 2.45) is 11.3 Å². The number of aromatic nitrogens is 1. The fourth-order valence-corrected chi connectivity index (χ4v) is 7.60. The summed E-state index contributed by atoms with van der Waals surface area (Å²) >= 11 is 0. The van der Waals surface area contributed by atoms with Gasteiger partial charge in [0.2, 0.25) is 27.7 Å². The molecule has 2 aliphatic carbocycles. The molecule has 15 heteroatoms. The molecule has 3 N–H and O–H groups in total. The molecule has 0 spiro atoms. The van der Waals surface area contributed by atoms with Gasteiger partial charge in [0.15, 0.2) is 0 Å². The number of sulfonamides is 1. The molecule has 2 aromatic rings. The Balaban J connectivity index is 1.33. The summed E-state index contributed by atoms with van der Waals surface area (Å²) in [6.07, 6.45) is 5.96. The first-order valence-corrected chi connectivity index (χ1v) is 17.8. The molecule has 49 heavy (non-hydrogen) atoms. The van der Waals surface area contributed by atoms with Crippen LogP contribution in [0.25, 0.3) is 10.8 Å². The van der Waals surface area contributed by atoms with Crippen molar-refractivity contribution in [3.63, 3.8) is 0 Å². The van der Waals surface area contributed by atoms with E-state index in [2.05, 4.69) is 26.9 Å². The summed E-state index contributed by atoms with van der Waals surface area (Å²) in [5.41, 5.74) is -2.36. The fraction of sp³-hybridized carbons (Fsp3) is 0.500. The van der Waals surface area contributed by atoms with Crippen LogP contribution in [0, 0.1) is 11.3 Å². The monoisotopic (exact) mass is 695 g/mol. The Morgan fingerprint density at radius 1 is 1.12 bits per heavy atom. The van der Waals surface area contributed by atoms with Gasteiger partial charge in [0.05, 0.1) is 11.8 Å². The maximum Gasteiger partial charge on any atom is 0.408 e. The number of alkyl carbamates (subject to hydrolysis) is 1. The van der Waals surface area contributed by atoms with Crippen LogP contribution in [0.4, 0.5) is 4.79 Å². The number of hydrogen-bond acceptors (Lipinski definition) is 10. The smallest absolute Gasteiger partial charge is 0.408 e. The minimum absolute atomic E-state index is 0.0217. The summed E-state index contributed by atoms with van der Waals surface area (Å²) in [7, 11) is -3.89. The molecule has 1 saturated heterocycles. The lowest BCUT2D eigenvalue weighted by atomic mass is 9.85. The number of hydrogen-bond donors (Lipinski definition) is 3. The van der Waals surface area contributed by atoms with Crippen molar-refractivity contribution in [2.45, 2.75) is 75.4 Å². The number of benzene rings is 1. The number of rotatable bonds is 6. The van der Waals surface area contributed by atoms with E-state index in [0.717, 1.165) is 5.39 Å².